The van der Waals surface area contributed by atoms with Crippen molar-refractivity contribution < 1.29 is 14.3 Å². The maximum Gasteiger partial charge on any atom is 0.307 e. The molecule has 1 N–H and O–H groups in total. The Hall–Kier alpha value is -1.49. The van der Waals surface area contributed by atoms with Crippen molar-refractivity contribution in [3.63, 3.8) is 0 Å². The Balaban J connectivity index is 2.32. The number of nitrogens with one attached hydrogen (secondary N) is 1. The first-order valence-corrected chi connectivity index (χ1v) is 10.2. The van der Waals surface area contributed by atoms with Crippen LogP contribution in [0, 0.1) is 0 Å². The SMILES string of the molecule is CCCCCCCCCC(=O)OC(C)N1C=CC(Cl)=C(C(=O)NCC)C1. The van der Waals surface area contributed by atoms with E-state index >= 15 is 0 Å². The van der Waals surface area contributed by atoms with Crippen molar-refractivity contribution in [1.29, 1.82) is 0 Å². The second kappa shape index (κ2) is 12.8. The molecule has 0 aromatic rings. The number of ether oxygens (including phenoxy) is 1. The predicted octanol–water partition coefficient (Wildman–Crippen LogP) is 4.47. The first-order valence-electron chi connectivity index (χ1n) is 9.79. The predicted molar refractivity (Wildman–Crippen MR) is 106 cm³/mol. The third-order valence-corrected chi connectivity index (χ3v) is 4.76. The van der Waals surface area contributed by atoms with Gasteiger partial charge in [-0.15, -0.1) is 0 Å². The molecule has 1 heterocycles. The van der Waals surface area contributed by atoms with Crippen LogP contribution >= 0.6 is 11.6 Å². The van der Waals surface area contributed by atoms with Gasteiger partial charge in [-0.3, -0.25) is 9.59 Å². The molecule has 1 amide bonds. The summed E-state index contributed by atoms with van der Waals surface area (Å²) in [5, 5.41) is 3.17. The van der Waals surface area contributed by atoms with Crippen LogP contribution in [0.1, 0.15) is 72.1 Å². The fraction of sp³-hybridized carbons (Fsp3) is 0.700. The monoisotopic (exact) mass is 384 g/mol. The summed E-state index contributed by atoms with van der Waals surface area (Å²) in [6.07, 6.45) is 11.6. The molecule has 0 spiro atoms. The molecular weight excluding hydrogens is 352 g/mol. The van der Waals surface area contributed by atoms with E-state index in [1.807, 2.05) is 13.8 Å². The van der Waals surface area contributed by atoms with Crippen LogP contribution < -0.4 is 5.32 Å². The van der Waals surface area contributed by atoms with E-state index in [1.54, 1.807) is 17.2 Å². The van der Waals surface area contributed by atoms with Gasteiger partial charge in [-0.05, 0) is 26.3 Å². The van der Waals surface area contributed by atoms with Crippen LogP contribution in [-0.4, -0.2) is 36.1 Å². The lowest BCUT2D eigenvalue weighted by molar-refractivity contribution is -0.155. The number of carbonyl (C=O) groups excluding carboxylic acids is 2. The summed E-state index contributed by atoms with van der Waals surface area (Å²) in [7, 11) is 0. The van der Waals surface area contributed by atoms with Gasteiger partial charge < -0.3 is 15.0 Å². The number of hydrogen-bond acceptors (Lipinski definition) is 4. The highest BCUT2D eigenvalue weighted by atomic mass is 35.5. The average molecular weight is 385 g/mol. The molecule has 0 fully saturated rings. The van der Waals surface area contributed by atoms with E-state index in [-0.39, 0.29) is 11.9 Å². The van der Waals surface area contributed by atoms with Gasteiger partial charge in [0.15, 0.2) is 6.23 Å². The molecule has 6 heteroatoms. The fourth-order valence-electron chi connectivity index (χ4n) is 2.81. The molecule has 0 saturated carbocycles. The Morgan fingerprint density at radius 3 is 2.50 bits per heavy atom. The van der Waals surface area contributed by atoms with Crippen LogP contribution in [0.5, 0.6) is 0 Å². The smallest absolute Gasteiger partial charge is 0.307 e. The molecule has 0 bridgehead atoms. The lowest BCUT2D eigenvalue weighted by atomic mass is 10.1. The van der Waals surface area contributed by atoms with E-state index in [0.29, 0.717) is 30.1 Å². The normalized spacial score (nSPS) is 15.2. The van der Waals surface area contributed by atoms with Gasteiger partial charge in [0.2, 0.25) is 0 Å². The standard InChI is InChI=1S/C20H33ClN2O3/c1-4-6-7-8-9-10-11-12-19(24)26-16(3)23-14-13-18(21)17(15-23)20(25)22-5-2/h13-14,16H,4-12,15H2,1-3H3,(H,22,25). The summed E-state index contributed by atoms with van der Waals surface area (Å²) in [4.78, 5) is 25.9. The third-order valence-electron chi connectivity index (χ3n) is 4.41. The van der Waals surface area contributed by atoms with Crippen LogP contribution in [0.3, 0.4) is 0 Å². The van der Waals surface area contributed by atoms with Crippen LogP contribution in [0.4, 0.5) is 0 Å². The summed E-state index contributed by atoms with van der Waals surface area (Å²) in [5.41, 5.74) is 0.492. The Labute approximate surface area is 162 Å². The number of esters is 1. The summed E-state index contributed by atoms with van der Waals surface area (Å²) in [5.74, 6) is -0.381. The molecule has 1 rings (SSSR count). The van der Waals surface area contributed by atoms with Crippen LogP contribution in [0.25, 0.3) is 0 Å². The van der Waals surface area contributed by atoms with Gasteiger partial charge in [-0.25, -0.2) is 0 Å². The minimum Gasteiger partial charge on any atom is -0.442 e. The van der Waals surface area contributed by atoms with Crippen molar-refractivity contribution in [2.75, 3.05) is 13.1 Å². The van der Waals surface area contributed by atoms with E-state index in [4.69, 9.17) is 16.3 Å². The third kappa shape index (κ3) is 8.26. The Bertz CT molecular complexity index is 517. The van der Waals surface area contributed by atoms with Crippen molar-refractivity contribution in [2.45, 2.75) is 78.4 Å². The number of allylic oxidation sites excluding steroid dienone is 2. The summed E-state index contributed by atoms with van der Waals surface area (Å²) >= 11 is 6.12. The number of unbranched alkanes of at least 4 members (excludes halogenated alkanes) is 6. The molecule has 1 atom stereocenters. The van der Waals surface area contributed by atoms with Crippen molar-refractivity contribution in [1.82, 2.24) is 10.2 Å². The van der Waals surface area contributed by atoms with Gasteiger partial charge in [0, 0.05) is 19.2 Å². The molecule has 1 unspecified atom stereocenters. The molecule has 148 valence electrons. The highest BCUT2D eigenvalue weighted by molar-refractivity contribution is 6.33. The lowest BCUT2D eigenvalue weighted by Crippen LogP contribution is -2.39. The van der Waals surface area contributed by atoms with Gasteiger partial charge in [0.05, 0.1) is 17.2 Å². The van der Waals surface area contributed by atoms with Gasteiger partial charge in [0.1, 0.15) is 0 Å². The molecule has 5 nitrogen and oxygen atoms in total. The first-order chi connectivity index (χ1) is 12.5. The van der Waals surface area contributed by atoms with Crippen LogP contribution in [0.2, 0.25) is 0 Å². The Kier molecular flexibility index (Phi) is 11.1. The second-order valence-corrected chi connectivity index (χ2v) is 7.04. The number of carbonyl (C=O) groups is 2. The maximum absolute atomic E-state index is 12.0. The largest absolute Gasteiger partial charge is 0.442 e. The van der Waals surface area contributed by atoms with Gasteiger partial charge in [-0.2, -0.15) is 0 Å². The zero-order valence-electron chi connectivity index (χ0n) is 16.4. The maximum atomic E-state index is 12.0. The summed E-state index contributed by atoms with van der Waals surface area (Å²) in [6.45, 7) is 6.74. The molecule has 26 heavy (non-hydrogen) atoms. The second-order valence-electron chi connectivity index (χ2n) is 6.63. The molecule has 0 aromatic heterocycles. The summed E-state index contributed by atoms with van der Waals surface area (Å²) < 4.78 is 5.50. The van der Waals surface area contributed by atoms with Crippen molar-refractivity contribution in [2.24, 2.45) is 0 Å². The molecular formula is C20H33ClN2O3. The van der Waals surface area contributed by atoms with E-state index in [0.717, 1.165) is 12.8 Å². The number of hydrogen-bond donors (Lipinski definition) is 1. The number of rotatable bonds is 12. The number of nitrogens with zero attached hydrogens (tertiary/aromatic N) is 1. The summed E-state index contributed by atoms with van der Waals surface area (Å²) in [6, 6.07) is 0. The molecule has 1 aliphatic rings. The van der Waals surface area contributed by atoms with E-state index < -0.39 is 6.23 Å². The van der Waals surface area contributed by atoms with Gasteiger partial charge >= 0.3 is 5.97 Å². The molecule has 0 saturated heterocycles. The molecule has 0 radical (unpaired) electrons. The van der Waals surface area contributed by atoms with E-state index in [1.165, 1.54) is 32.1 Å². The zero-order chi connectivity index (χ0) is 19.4. The Morgan fingerprint density at radius 2 is 1.85 bits per heavy atom. The van der Waals surface area contributed by atoms with Crippen LogP contribution in [-0.2, 0) is 14.3 Å². The van der Waals surface area contributed by atoms with Crippen LogP contribution in [0.15, 0.2) is 22.9 Å². The van der Waals surface area contributed by atoms with Gasteiger partial charge in [0.25, 0.3) is 5.91 Å². The van der Waals surface area contributed by atoms with E-state index in [2.05, 4.69) is 12.2 Å². The van der Waals surface area contributed by atoms with Crippen molar-refractivity contribution in [3.8, 4) is 0 Å². The molecule has 1 aliphatic heterocycles. The molecule has 0 aromatic carbocycles. The highest BCUT2D eigenvalue weighted by Gasteiger charge is 2.23. The van der Waals surface area contributed by atoms with Crippen molar-refractivity contribution in [3.05, 3.63) is 22.9 Å². The fourth-order valence-corrected chi connectivity index (χ4v) is 3.02. The zero-order valence-corrected chi connectivity index (χ0v) is 17.1. The Morgan fingerprint density at radius 1 is 1.19 bits per heavy atom. The first kappa shape index (κ1) is 22.6. The quantitative estimate of drug-likeness (QED) is 0.398. The number of likely N-dealkylation sites (N-methyl/N-ethyl adjacent to an activating group) is 1. The average Bonchev–Trinajstić information content (AvgIpc) is 2.61. The van der Waals surface area contributed by atoms with Crippen molar-refractivity contribution >= 4 is 23.5 Å². The lowest BCUT2D eigenvalue weighted by Gasteiger charge is -2.30. The highest BCUT2D eigenvalue weighted by Crippen LogP contribution is 2.21. The number of amides is 1. The minimum atomic E-state index is -0.433. The molecule has 0 aliphatic carbocycles. The topological polar surface area (TPSA) is 58.6 Å². The van der Waals surface area contributed by atoms with E-state index in [9.17, 15) is 9.59 Å². The van der Waals surface area contributed by atoms with Gasteiger partial charge in [-0.1, -0.05) is 57.0 Å². The number of halogens is 1. The minimum absolute atomic E-state index is 0.187.